The molecule has 29 heavy (non-hydrogen) atoms. The van der Waals surface area contributed by atoms with Crippen LogP contribution in [0.25, 0.3) is 0 Å². The highest BCUT2D eigenvalue weighted by Gasteiger charge is 2.16. The van der Waals surface area contributed by atoms with Crippen LogP contribution in [0.5, 0.6) is 17.2 Å². The average Bonchev–Trinajstić information content (AvgIpc) is 2.75. The molecule has 0 unspecified atom stereocenters. The summed E-state index contributed by atoms with van der Waals surface area (Å²) in [4.78, 5) is 6.89. The van der Waals surface area contributed by atoms with Gasteiger partial charge in [0.1, 0.15) is 0 Å². The van der Waals surface area contributed by atoms with Gasteiger partial charge in [-0.05, 0) is 57.3 Å². The number of piperidine rings is 1. The Labute approximate surface area is 175 Å². The quantitative estimate of drug-likeness (QED) is 0.354. The summed E-state index contributed by atoms with van der Waals surface area (Å²) in [6.07, 6.45) is 4.57. The van der Waals surface area contributed by atoms with Gasteiger partial charge in [0.25, 0.3) is 0 Å². The molecule has 0 bridgehead atoms. The molecule has 7 heteroatoms. The molecule has 1 aliphatic heterocycles. The standard InChI is InChI=1S/C22H38N4O3/c1-17-10-15-26(16-11-17)14-6-12-24-22(23-2)25-13-9-18-7-8-19(27-3)21(29-5)20(18)28-4/h7-8,17H,6,9-16H2,1-5H3,(H2,23,24,25). The molecule has 1 fully saturated rings. The third-order valence-corrected chi connectivity index (χ3v) is 5.52. The number of nitrogens with zero attached hydrogens (tertiary/aromatic N) is 2. The van der Waals surface area contributed by atoms with Gasteiger partial charge in [0.2, 0.25) is 5.75 Å². The molecule has 1 aromatic carbocycles. The second-order valence-electron chi connectivity index (χ2n) is 7.55. The number of hydrogen-bond donors (Lipinski definition) is 2. The number of nitrogens with one attached hydrogen (secondary N) is 2. The van der Waals surface area contributed by atoms with Crippen molar-refractivity contribution in [2.75, 3.05) is 61.1 Å². The van der Waals surface area contributed by atoms with Gasteiger partial charge in [-0.3, -0.25) is 4.99 Å². The second-order valence-corrected chi connectivity index (χ2v) is 7.55. The summed E-state index contributed by atoms with van der Waals surface area (Å²) < 4.78 is 16.4. The maximum absolute atomic E-state index is 5.55. The molecule has 0 atom stereocenters. The zero-order chi connectivity index (χ0) is 21.1. The van der Waals surface area contributed by atoms with Crippen LogP contribution >= 0.6 is 0 Å². The molecule has 1 saturated heterocycles. The lowest BCUT2D eigenvalue weighted by Crippen LogP contribution is -2.40. The van der Waals surface area contributed by atoms with E-state index in [9.17, 15) is 0 Å². The van der Waals surface area contributed by atoms with Crippen LogP contribution in [-0.2, 0) is 6.42 Å². The van der Waals surface area contributed by atoms with Crippen molar-refractivity contribution in [1.29, 1.82) is 0 Å². The van der Waals surface area contributed by atoms with Crippen LogP contribution in [-0.4, -0.2) is 72.0 Å². The molecule has 1 heterocycles. The highest BCUT2D eigenvalue weighted by atomic mass is 16.5. The van der Waals surface area contributed by atoms with Crippen molar-refractivity contribution >= 4 is 5.96 Å². The van der Waals surface area contributed by atoms with Gasteiger partial charge in [-0.25, -0.2) is 0 Å². The first kappa shape index (κ1) is 23.1. The monoisotopic (exact) mass is 406 g/mol. The van der Waals surface area contributed by atoms with Crippen molar-refractivity contribution in [3.8, 4) is 17.2 Å². The first-order valence-electron chi connectivity index (χ1n) is 10.6. The van der Waals surface area contributed by atoms with Crippen LogP contribution in [0.15, 0.2) is 17.1 Å². The molecule has 0 radical (unpaired) electrons. The Kier molecular flexibility index (Phi) is 9.91. The van der Waals surface area contributed by atoms with E-state index in [1.807, 2.05) is 12.1 Å². The predicted molar refractivity (Wildman–Crippen MR) is 119 cm³/mol. The van der Waals surface area contributed by atoms with Crippen LogP contribution in [0.3, 0.4) is 0 Å². The number of guanidine groups is 1. The molecule has 0 amide bonds. The Hall–Kier alpha value is -2.15. The van der Waals surface area contributed by atoms with E-state index in [1.165, 1.54) is 25.9 Å². The average molecular weight is 407 g/mol. The van der Waals surface area contributed by atoms with E-state index >= 15 is 0 Å². The molecule has 0 aliphatic carbocycles. The van der Waals surface area contributed by atoms with Gasteiger partial charge in [0.05, 0.1) is 21.3 Å². The maximum atomic E-state index is 5.55. The number of rotatable bonds is 10. The molecule has 164 valence electrons. The number of methoxy groups -OCH3 is 3. The van der Waals surface area contributed by atoms with Crippen LogP contribution in [0, 0.1) is 5.92 Å². The Balaban J connectivity index is 1.74. The number of ether oxygens (including phenoxy) is 3. The van der Waals surface area contributed by atoms with Crippen LogP contribution in [0.2, 0.25) is 0 Å². The van der Waals surface area contributed by atoms with Gasteiger partial charge in [-0.15, -0.1) is 0 Å². The van der Waals surface area contributed by atoms with Gasteiger partial charge >= 0.3 is 0 Å². The number of aliphatic imine (C=N–C) groups is 1. The smallest absolute Gasteiger partial charge is 0.203 e. The van der Waals surface area contributed by atoms with Crippen molar-refractivity contribution in [3.05, 3.63) is 17.7 Å². The topological polar surface area (TPSA) is 67.4 Å². The molecule has 0 saturated carbocycles. The normalized spacial score (nSPS) is 15.8. The summed E-state index contributed by atoms with van der Waals surface area (Å²) in [5.74, 6) is 3.73. The van der Waals surface area contributed by atoms with Crippen molar-refractivity contribution in [1.82, 2.24) is 15.5 Å². The highest BCUT2D eigenvalue weighted by molar-refractivity contribution is 5.79. The summed E-state index contributed by atoms with van der Waals surface area (Å²) in [6.45, 7) is 7.65. The van der Waals surface area contributed by atoms with Gasteiger partial charge in [-0.1, -0.05) is 13.0 Å². The molecule has 2 N–H and O–H groups in total. The lowest BCUT2D eigenvalue weighted by atomic mass is 9.99. The number of benzene rings is 1. The van der Waals surface area contributed by atoms with Crippen molar-refractivity contribution in [2.45, 2.75) is 32.6 Å². The zero-order valence-corrected chi connectivity index (χ0v) is 18.7. The van der Waals surface area contributed by atoms with Crippen LogP contribution in [0.1, 0.15) is 31.7 Å². The van der Waals surface area contributed by atoms with E-state index in [0.29, 0.717) is 17.2 Å². The maximum Gasteiger partial charge on any atom is 0.203 e. The Morgan fingerprint density at radius 2 is 1.72 bits per heavy atom. The minimum absolute atomic E-state index is 0.627. The summed E-state index contributed by atoms with van der Waals surface area (Å²) in [5, 5.41) is 6.79. The molecular weight excluding hydrogens is 368 g/mol. The van der Waals surface area contributed by atoms with Gasteiger partial charge in [0.15, 0.2) is 17.5 Å². The molecule has 0 spiro atoms. The Morgan fingerprint density at radius 3 is 2.34 bits per heavy atom. The van der Waals surface area contributed by atoms with E-state index in [4.69, 9.17) is 14.2 Å². The molecule has 2 rings (SSSR count). The van der Waals surface area contributed by atoms with Crippen LogP contribution < -0.4 is 24.8 Å². The zero-order valence-electron chi connectivity index (χ0n) is 18.7. The summed E-state index contributed by atoms with van der Waals surface area (Å²) >= 11 is 0. The highest BCUT2D eigenvalue weighted by Crippen LogP contribution is 2.39. The Bertz CT molecular complexity index is 643. The van der Waals surface area contributed by atoms with E-state index in [0.717, 1.165) is 49.9 Å². The third kappa shape index (κ3) is 6.99. The summed E-state index contributed by atoms with van der Waals surface area (Å²) in [6, 6.07) is 3.92. The first-order chi connectivity index (χ1) is 14.1. The van der Waals surface area contributed by atoms with Gasteiger partial charge in [-0.2, -0.15) is 0 Å². The fourth-order valence-electron chi connectivity index (χ4n) is 3.69. The summed E-state index contributed by atoms with van der Waals surface area (Å²) in [5.41, 5.74) is 1.06. The third-order valence-electron chi connectivity index (χ3n) is 5.52. The SMILES string of the molecule is CN=C(NCCCN1CCC(C)CC1)NCCc1ccc(OC)c(OC)c1OC. The summed E-state index contributed by atoms with van der Waals surface area (Å²) in [7, 11) is 6.70. The minimum atomic E-state index is 0.627. The van der Waals surface area contributed by atoms with Crippen molar-refractivity contribution in [2.24, 2.45) is 10.9 Å². The Morgan fingerprint density at radius 1 is 1.03 bits per heavy atom. The number of hydrogen-bond acceptors (Lipinski definition) is 5. The van der Waals surface area contributed by atoms with E-state index in [-0.39, 0.29) is 0 Å². The van der Waals surface area contributed by atoms with E-state index in [1.54, 1.807) is 28.4 Å². The van der Waals surface area contributed by atoms with Crippen LogP contribution in [0.4, 0.5) is 0 Å². The van der Waals surface area contributed by atoms with E-state index in [2.05, 4.69) is 27.4 Å². The molecular formula is C22H38N4O3. The van der Waals surface area contributed by atoms with Crippen molar-refractivity contribution in [3.63, 3.8) is 0 Å². The molecule has 0 aromatic heterocycles. The van der Waals surface area contributed by atoms with Gasteiger partial charge in [0, 0.05) is 25.7 Å². The van der Waals surface area contributed by atoms with Gasteiger partial charge < -0.3 is 29.7 Å². The fourth-order valence-corrected chi connectivity index (χ4v) is 3.69. The van der Waals surface area contributed by atoms with E-state index < -0.39 is 0 Å². The lowest BCUT2D eigenvalue weighted by molar-refractivity contribution is 0.191. The predicted octanol–water partition coefficient (Wildman–Crippen LogP) is 2.54. The lowest BCUT2D eigenvalue weighted by Gasteiger charge is -2.30. The molecule has 7 nitrogen and oxygen atoms in total. The van der Waals surface area contributed by atoms with Crippen molar-refractivity contribution < 1.29 is 14.2 Å². The largest absolute Gasteiger partial charge is 0.493 e. The molecule has 1 aromatic rings. The number of likely N-dealkylation sites (tertiary alicyclic amines) is 1. The first-order valence-corrected chi connectivity index (χ1v) is 10.6. The second kappa shape index (κ2) is 12.4. The fraction of sp³-hybridized carbons (Fsp3) is 0.682. The molecule has 1 aliphatic rings. The minimum Gasteiger partial charge on any atom is -0.493 e.